The number of nitrogens with zero attached hydrogens (tertiary/aromatic N) is 2. The van der Waals surface area contributed by atoms with Gasteiger partial charge in [-0.1, -0.05) is 30.3 Å². The molecule has 0 fully saturated rings. The van der Waals surface area contributed by atoms with Gasteiger partial charge in [-0.25, -0.2) is 0 Å². The van der Waals surface area contributed by atoms with Crippen molar-refractivity contribution < 1.29 is 4.42 Å². The Labute approximate surface area is 111 Å². The average molecular weight is 252 g/mol. The highest BCUT2D eigenvalue weighted by Crippen LogP contribution is 2.22. The Bertz CT molecular complexity index is 682. The number of rotatable bonds is 3. The van der Waals surface area contributed by atoms with Crippen LogP contribution in [-0.4, -0.2) is 15.2 Å². The summed E-state index contributed by atoms with van der Waals surface area (Å²) in [6.45, 7) is 3.93. The largest absolute Gasteiger partial charge is 0.419 e. The molecule has 0 spiro atoms. The maximum absolute atomic E-state index is 5.69. The molecule has 3 aromatic rings. The molecule has 1 N–H and O–H groups in total. The third-order valence-corrected chi connectivity index (χ3v) is 2.94. The maximum Gasteiger partial charge on any atom is 0.264 e. The molecule has 0 aliphatic heterocycles. The van der Waals surface area contributed by atoms with Gasteiger partial charge in [-0.15, -0.1) is 10.2 Å². The monoisotopic (exact) mass is 252 g/mol. The fraction of sp³-hybridized carbons (Fsp3) is 0.200. The van der Waals surface area contributed by atoms with Crippen molar-refractivity contribution in [2.24, 2.45) is 0 Å². The van der Waals surface area contributed by atoms with Crippen LogP contribution >= 0.6 is 0 Å². The summed E-state index contributed by atoms with van der Waals surface area (Å²) in [7, 11) is 0. The van der Waals surface area contributed by atoms with Crippen molar-refractivity contribution in [3.8, 4) is 11.6 Å². The SMILES string of the molecule is Cc1[c]c(C)c(-c2nnc(Cc3ccccc3)o2)[nH]1. The van der Waals surface area contributed by atoms with Crippen LogP contribution in [0.3, 0.4) is 0 Å². The van der Waals surface area contributed by atoms with E-state index in [0.29, 0.717) is 18.2 Å². The number of aromatic nitrogens is 3. The first-order chi connectivity index (χ1) is 9.22. The minimum atomic E-state index is 0.521. The third kappa shape index (κ3) is 2.42. The first kappa shape index (κ1) is 11.7. The summed E-state index contributed by atoms with van der Waals surface area (Å²) in [5, 5.41) is 8.18. The molecule has 0 saturated heterocycles. The standard InChI is InChI=1S/C15H14N3O/c1-10-8-11(2)16-14(10)15-18-17-13(19-15)9-12-6-4-3-5-7-12/h3-7,16H,9H2,1-2H3. The summed E-state index contributed by atoms with van der Waals surface area (Å²) in [4.78, 5) is 3.19. The highest BCUT2D eigenvalue weighted by atomic mass is 16.4. The second kappa shape index (κ2) is 4.72. The predicted molar refractivity (Wildman–Crippen MR) is 71.6 cm³/mol. The number of H-pyrrole nitrogens is 1. The van der Waals surface area contributed by atoms with E-state index in [1.807, 2.05) is 44.2 Å². The van der Waals surface area contributed by atoms with Crippen LogP contribution in [0.25, 0.3) is 11.6 Å². The Balaban J connectivity index is 1.86. The van der Waals surface area contributed by atoms with Crippen LogP contribution in [0.5, 0.6) is 0 Å². The molecule has 4 heteroatoms. The van der Waals surface area contributed by atoms with Crippen LogP contribution in [0.1, 0.15) is 22.7 Å². The van der Waals surface area contributed by atoms with Crippen molar-refractivity contribution in [3.05, 3.63) is 59.1 Å². The Morgan fingerprint density at radius 2 is 1.95 bits per heavy atom. The number of aromatic amines is 1. The van der Waals surface area contributed by atoms with Crippen molar-refractivity contribution in [2.75, 3.05) is 0 Å². The summed E-state index contributed by atoms with van der Waals surface area (Å²) >= 11 is 0. The zero-order chi connectivity index (χ0) is 13.2. The minimum absolute atomic E-state index is 0.521. The summed E-state index contributed by atoms with van der Waals surface area (Å²) < 4.78 is 5.69. The molecule has 2 heterocycles. The lowest BCUT2D eigenvalue weighted by Gasteiger charge is -1.95. The van der Waals surface area contributed by atoms with E-state index in [1.54, 1.807) is 0 Å². The van der Waals surface area contributed by atoms with Gasteiger partial charge in [0.2, 0.25) is 5.89 Å². The van der Waals surface area contributed by atoms with E-state index >= 15 is 0 Å². The molecule has 19 heavy (non-hydrogen) atoms. The van der Waals surface area contributed by atoms with Gasteiger partial charge in [0, 0.05) is 11.8 Å². The van der Waals surface area contributed by atoms with Gasteiger partial charge in [0.05, 0.1) is 6.42 Å². The number of benzene rings is 1. The average Bonchev–Trinajstić information content (AvgIpc) is 2.97. The lowest BCUT2D eigenvalue weighted by atomic mass is 10.2. The number of nitrogens with one attached hydrogen (secondary N) is 1. The Morgan fingerprint density at radius 3 is 2.63 bits per heavy atom. The van der Waals surface area contributed by atoms with Crippen molar-refractivity contribution in [2.45, 2.75) is 20.3 Å². The van der Waals surface area contributed by atoms with Crippen LogP contribution in [0, 0.1) is 19.9 Å². The highest BCUT2D eigenvalue weighted by molar-refractivity contribution is 5.53. The first-order valence-electron chi connectivity index (χ1n) is 6.17. The summed E-state index contributed by atoms with van der Waals surface area (Å²) in [6.07, 6.45) is 0.649. The van der Waals surface area contributed by atoms with E-state index in [1.165, 1.54) is 0 Å². The summed E-state index contributed by atoms with van der Waals surface area (Å²) in [5.41, 5.74) is 3.97. The molecule has 3 rings (SSSR count). The van der Waals surface area contributed by atoms with Crippen LogP contribution in [0.2, 0.25) is 0 Å². The van der Waals surface area contributed by atoms with E-state index in [-0.39, 0.29) is 0 Å². The van der Waals surface area contributed by atoms with Gasteiger partial charge in [0.25, 0.3) is 5.89 Å². The minimum Gasteiger partial charge on any atom is -0.419 e. The molecule has 0 amide bonds. The molecule has 0 saturated carbocycles. The highest BCUT2D eigenvalue weighted by Gasteiger charge is 2.13. The van der Waals surface area contributed by atoms with Crippen molar-refractivity contribution in [3.63, 3.8) is 0 Å². The van der Waals surface area contributed by atoms with E-state index in [0.717, 1.165) is 22.5 Å². The molecule has 1 aromatic carbocycles. The lowest BCUT2D eigenvalue weighted by Crippen LogP contribution is -1.87. The van der Waals surface area contributed by atoms with Crippen LogP contribution in [-0.2, 0) is 6.42 Å². The number of hydrogen-bond acceptors (Lipinski definition) is 3. The van der Waals surface area contributed by atoms with E-state index in [4.69, 9.17) is 4.42 Å². The second-order valence-electron chi connectivity index (χ2n) is 4.54. The summed E-state index contributed by atoms with van der Waals surface area (Å²) in [6, 6.07) is 13.3. The van der Waals surface area contributed by atoms with Crippen LogP contribution in [0.4, 0.5) is 0 Å². The Morgan fingerprint density at radius 1 is 1.16 bits per heavy atom. The Hall–Kier alpha value is -2.36. The predicted octanol–water partition coefficient (Wildman–Crippen LogP) is 3.07. The molecule has 0 aliphatic rings. The van der Waals surface area contributed by atoms with Crippen LogP contribution < -0.4 is 0 Å². The van der Waals surface area contributed by atoms with Crippen molar-refractivity contribution in [1.82, 2.24) is 15.2 Å². The molecule has 0 unspecified atom stereocenters. The van der Waals surface area contributed by atoms with E-state index in [9.17, 15) is 0 Å². The molecule has 4 nitrogen and oxygen atoms in total. The third-order valence-electron chi connectivity index (χ3n) is 2.94. The zero-order valence-electron chi connectivity index (χ0n) is 10.9. The quantitative estimate of drug-likeness (QED) is 0.779. The molecule has 0 bridgehead atoms. The topological polar surface area (TPSA) is 54.7 Å². The smallest absolute Gasteiger partial charge is 0.264 e. The van der Waals surface area contributed by atoms with E-state index in [2.05, 4.69) is 21.2 Å². The summed E-state index contributed by atoms with van der Waals surface area (Å²) in [5.74, 6) is 1.14. The second-order valence-corrected chi connectivity index (χ2v) is 4.54. The van der Waals surface area contributed by atoms with Gasteiger partial charge < -0.3 is 9.40 Å². The fourth-order valence-corrected chi connectivity index (χ4v) is 2.07. The molecule has 95 valence electrons. The number of hydrogen-bond donors (Lipinski definition) is 1. The normalized spacial score (nSPS) is 10.8. The van der Waals surface area contributed by atoms with Crippen molar-refractivity contribution >= 4 is 0 Å². The van der Waals surface area contributed by atoms with Gasteiger partial charge in [-0.3, -0.25) is 0 Å². The van der Waals surface area contributed by atoms with Crippen LogP contribution in [0.15, 0.2) is 34.7 Å². The molecule has 0 atom stereocenters. The number of aryl methyl sites for hydroxylation is 2. The lowest BCUT2D eigenvalue weighted by molar-refractivity contribution is 0.516. The van der Waals surface area contributed by atoms with Gasteiger partial charge in [-0.05, 0) is 25.0 Å². The van der Waals surface area contributed by atoms with Gasteiger partial charge >= 0.3 is 0 Å². The van der Waals surface area contributed by atoms with Gasteiger partial charge in [-0.2, -0.15) is 0 Å². The molecule has 0 aliphatic carbocycles. The molecular weight excluding hydrogens is 238 g/mol. The fourth-order valence-electron chi connectivity index (χ4n) is 2.07. The van der Waals surface area contributed by atoms with Gasteiger partial charge in [0.15, 0.2) is 0 Å². The molecular formula is C15H14N3O. The van der Waals surface area contributed by atoms with Crippen molar-refractivity contribution in [1.29, 1.82) is 0 Å². The maximum atomic E-state index is 5.69. The Kier molecular flexibility index (Phi) is 2.91. The zero-order valence-corrected chi connectivity index (χ0v) is 10.9. The molecule has 2 aromatic heterocycles. The molecule has 1 radical (unpaired) electrons. The first-order valence-corrected chi connectivity index (χ1v) is 6.17. The van der Waals surface area contributed by atoms with Gasteiger partial charge in [0.1, 0.15) is 5.69 Å². The van der Waals surface area contributed by atoms with E-state index < -0.39 is 0 Å².